The van der Waals surface area contributed by atoms with Gasteiger partial charge in [0.05, 0.1) is 12.4 Å². The fraction of sp³-hybridized carbons (Fsp3) is 0.643. The van der Waals surface area contributed by atoms with Crippen LogP contribution in [0, 0.1) is 0 Å². The van der Waals surface area contributed by atoms with Crippen molar-refractivity contribution in [2.75, 3.05) is 11.9 Å². The number of hydrogen-bond donors (Lipinski definition) is 1. The zero-order valence-electron chi connectivity index (χ0n) is 11.9. The first-order valence-electron chi connectivity index (χ1n) is 7.02. The van der Waals surface area contributed by atoms with E-state index in [0.29, 0.717) is 11.5 Å². The highest BCUT2D eigenvalue weighted by molar-refractivity contribution is 5.92. The van der Waals surface area contributed by atoms with E-state index in [1.54, 1.807) is 12.4 Å². The summed E-state index contributed by atoms with van der Waals surface area (Å²) in [4.78, 5) is 22.9. The molecule has 0 radical (unpaired) electrons. The number of likely N-dealkylation sites (tertiary alicyclic amines) is 1. The molecule has 0 bridgehead atoms. The third-order valence-electron chi connectivity index (χ3n) is 3.66. The quantitative estimate of drug-likeness (QED) is 0.908. The lowest BCUT2D eigenvalue weighted by Gasteiger charge is -2.38. The minimum atomic E-state index is -0.00440. The van der Waals surface area contributed by atoms with Crippen LogP contribution in [0.4, 0.5) is 5.82 Å². The number of rotatable bonds is 3. The number of anilines is 1. The lowest BCUT2D eigenvalue weighted by molar-refractivity contribution is 0.0504. The number of carbonyl (C=O) groups is 1. The molecule has 0 unspecified atom stereocenters. The lowest BCUT2D eigenvalue weighted by atomic mass is 9.97. The molecule has 1 aromatic heterocycles. The molecule has 1 N–H and O–H groups in total. The molecule has 1 aliphatic heterocycles. The molecule has 104 valence electrons. The van der Waals surface area contributed by atoms with Gasteiger partial charge in [0, 0.05) is 18.6 Å². The van der Waals surface area contributed by atoms with Crippen LogP contribution in [0.3, 0.4) is 0 Å². The maximum absolute atomic E-state index is 12.5. The number of piperidine rings is 1. The Balaban J connectivity index is 2.13. The molecule has 1 aromatic rings. The van der Waals surface area contributed by atoms with Crippen LogP contribution >= 0.6 is 0 Å². The summed E-state index contributed by atoms with van der Waals surface area (Å²) in [5.74, 6) is 0.703. The van der Waals surface area contributed by atoms with Crippen LogP contribution < -0.4 is 5.32 Å². The van der Waals surface area contributed by atoms with Gasteiger partial charge in [-0.15, -0.1) is 0 Å². The molecule has 5 nitrogen and oxygen atoms in total. The molecule has 19 heavy (non-hydrogen) atoms. The van der Waals surface area contributed by atoms with Gasteiger partial charge in [0.15, 0.2) is 0 Å². The summed E-state index contributed by atoms with van der Waals surface area (Å²) in [6.45, 7) is 7.00. The van der Waals surface area contributed by atoms with E-state index < -0.39 is 0 Å². The first kappa shape index (κ1) is 13.8. The average Bonchev–Trinajstić information content (AvgIpc) is 2.39. The monoisotopic (exact) mass is 262 g/mol. The number of aromatic nitrogens is 2. The molecule has 1 amide bonds. The van der Waals surface area contributed by atoms with Gasteiger partial charge in [0.1, 0.15) is 11.5 Å². The van der Waals surface area contributed by atoms with E-state index in [2.05, 4.69) is 29.1 Å². The second-order valence-electron chi connectivity index (χ2n) is 5.16. The molecular formula is C14H22N4O. The van der Waals surface area contributed by atoms with Crippen molar-refractivity contribution < 1.29 is 4.79 Å². The Bertz CT molecular complexity index is 422. The van der Waals surface area contributed by atoms with Crippen molar-refractivity contribution in [2.45, 2.75) is 52.1 Å². The van der Waals surface area contributed by atoms with Crippen LogP contribution in [0.15, 0.2) is 12.4 Å². The average molecular weight is 262 g/mol. The molecule has 5 heteroatoms. The van der Waals surface area contributed by atoms with Crippen LogP contribution in [0.1, 0.15) is 50.5 Å². The molecule has 0 spiro atoms. The minimum Gasteiger partial charge on any atom is -0.369 e. The van der Waals surface area contributed by atoms with Crippen molar-refractivity contribution in [2.24, 2.45) is 0 Å². The van der Waals surface area contributed by atoms with Crippen molar-refractivity contribution in [3.05, 3.63) is 18.1 Å². The maximum Gasteiger partial charge on any atom is 0.274 e. The van der Waals surface area contributed by atoms with Crippen LogP contribution in [-0.4, -0.2) is 39.4 Å². The molecule has 1 saturated heterocycles. The maximum atomic E-state index is 12.5. The molecule has 2 heterocycles. The predicted molar refractivity (Wildman–Crippen MR) is 75.1 cm³/mol. The highest BCUT2D eigenvalue weighted by Gasteiger charge is 2.30. The number of carbonyl (C=O) groups excluding carboxylic acids is 1. The number of nitrogens with zero attached hydrogens (tertiary/aromatic N) is 3. The van der Waals surface area contributed by atoms with E-state index in [1.807, 2.05) is 11.8 Å². The summed E-state index contributed by atoms with van der Waals surface area (Å²) in [6.07, 6.45) is 6.51. The van der Waals surface area contributed by atoms with E-state index in [-0.39, 0.29) is 18.0 Å². The number of hydrogen-bond acceptors (Lipinski definition) is 4. The first-order valence-corrected chi connectivity index (χ1v) is 7.02. The van der Waals surface area contributed by atoms with Gasteiger partial charge in [-0.1, -0.05) is 0 Å². The Kier molecular flexibility index (Phi) is 4.35. The van der Waals surface area contributed by atoms with Gasteiger partial charge in [0.25, 0.3) is 5.91 Å². The van der Waals surface area contributed by atoms with Gasteiger partial charge in [-0.3, -0.25) is 4.79 Å². The molecule has 2 rings (SSSR count). The second kappa shape index (κ2) is 5.99. The number of amides is 1. The standard InChI is InChI=1S/C14H22N4O/c1-4-15-13-9-16-12(8-17-13)14(19)18-10(2)6-5-7-11(18)3/h8-11H,4-7H2,1-3H3,(H,15,17)/t10-,11+. The smallest absolute Gasteiger partial charge is 0.274 e. The largest absolute Gasteiger partial charge is 0.369 e. The van der Waals surface area contributed by atoms with Gasteiger partial charge in [-0.25, -0.2) is 9.97 Å². The molecular weight excluding hydrogens is 240 g/mol. The zero-order chi connectivity index (χ0) is 13.8. The SMILES string of the molecule is CCNc1cnc(C(=O)N2[C@H](C)CCC[C@@H]2C)cn1. The summed E-state index contributed by atoms with van der Waals surface area (Å²) >= 11 is 0. The topological polar surface area (TPSA) is 58.1 Å². The summed E-state index contributed by atoms with van der Waals surface area (Å²) in [6, 6.07) is 0.568. The second-order valence-corrected chi connectivity index (χ2v) is 5.16. The number of nitrogens with one attached hydrogen (secondary N) is 1. The fourth-order valence-electron chi connectivity index (χ4n) is 2.66. The normalized spacial score (nSPS) is 23.2. The van der Waals surface area contributed by atoms with E-state index in [4.69, 9.17) is 0 Å². The van der Waals surface area contributed by atoms with Gasteiger partial charge < -0.3 is 10.2 Å². The third-order valence-corrected chi connectivity index (χ3v) is 3.66. The van der Waals surface area contributed by atoms with Gasteiger partial charge in [-0.05, 0) is 40.0 Å². The molecule has 1 aliphatic rings. The fourth-order valence-corrected chi connectivity index (χ4v) is 2.66. The Morgan fingerprint density at radius 2 is 2.00 bits per heavy atom. The summed E-state index contributed by atoms with van der Waals surface area (Å²) in [5.41, 5.74) is 0.433. The van der Waals surface area contributed by atoms with E-state index in [1.165, 1.54) is 6.42 Å². The van der Waals surface area contributed by atoms with Gasteiger partial charge in [0.2, 0.25) is 0 Å². The predicted octanol–water partition coefficient (Wildman–Crippen LogP) is 2.31. The van der Waals surface area contributed by atoms with E-state index >= 15 is 0 Å². The lowest BCUT2D eigenvalue weighted by Crippen LogP contribution is -2.47. The van der Waals surface area contributed by atoms with Gasteiger partial charge >= 0.3 is 0 Å². The van der Waals surface area contributed by atoms with Gasteiger partial charge in [-0.2, -0.15) is 0 Å². The van der Waals surface area contributed by atoms with Crippen LogP contribution in [0.5, 0.6) is 0 Å². The Morgan fingerprint density at radius 1 is 1.32 bits per heavy atom. The molecule has 0 saturated carbocycles. The Labute approximate surface area is 114 Å². The highest BCUT2D eigenvalue weighted by Crippen LogP contribution is 2.24. The highest BCUT2D eigenvalue weighted by atomic mass is 16.2. The van der Waals surface area contributed by atoms with Crippen LogP contribution in [0.25, 0.3) is 0 Å². The van der Waals surface area contributed by atoms with Crippen LogP contribution in [-0.2, 0) is 0 Å². The van der Waals surface area contributed by atoms with Crippen molar-refractivity contribution in [1.82, 2.24) is 14.9 Å². The molecule has 2 atom stereocenters. The summed E-state index contributed by atoms with van der Waals surface area (Å²) < 4.78 is 0. The Morgan fingerprint density at radius 3 is 2.53 bits per heavy atom. The van der Waals surface area contributed by atoms with E-state index in [0.717, 1.165) is 19.4 Å². The summed E-state index contributed by atoms with van der Waals surface area (Å²) in [7, 11) is 0. The van der Waals surface area contributed by atoms with Crippen molar-refractivity contribution in [1.29, 1.82) is 0 Å². The van der Waals surface area contributed by atoms with Crippen molar-refractivity contribution in [3.8, 4) is 0 Å². The first-order chi connectivity index (χ1) is 9.13. The third kappa shape index (κ3) is 3.03. The minimum absolute atomic E-state index is 0.00440. The molecule has 0 aromatic carbocycles. The molecule has 0 aliphatic carbocycles. The van der Waals surface area contributed by atoms with E-state index in [9.17, 15) is 4.79 Å². The van der Waals surface area contributed by atoms with Crippen LogP contribution in [0.2, 0.25) is 0 Å². The van der Waals surface area contributed by atoms with Crippen molar-refractivity contribution >= 4 is 11.7 Å². The molecule has 1 fully saturated rings. The summed E-state index contributed by atoms with van der Waals surface area (Å²) in [5, 5.41) is 3.07. The van der Waals surface area contributed by atoms with Crippen molar-refractivity contribution in [3.63, 3.8) is 0 Å². The Hall–Kier alpha value is -1.65. The zero-order valence-corrected chi connectivity index (χ0v) is 11.9.